The number of aromatic nitrogens is 4. The van der Waals surface area contributed by atoms with Gasteiger partial charge in [0.1, 0.15) is 11.6 Å². The first-order valence-corrected chi connectivity index (χ1v) is 9.12. The van der Waals surface area contributed by atoms with Crippen molar-refractivity contribution in [2.45, 2.75) is 45.2 Å². The molecule has 0 radical (unpaired) electrons. The van der Waals surface area contributed by atoms with E-state index in [0.717, 1.165) is 0 Å². The second-order valence-corrected chi connectivity index (χ2v) is 7.02. The van der Waals surface area contributed by atoms with Crippen molar-refractivity contribution in [3.63, 3.8) is 0 Å². The summed E-state index contributed by atoms with van der Waals surface area (Å²) in [5, 5.41) is 0.927. The van der Waals surface area contributed by atoms with Crippen LogP contribution in [0.15, 0.2) is 30.6 Å². The lowest BCUT2D eigenvalue weighted by Crippen LogP contribution is -2.09. The lowest BCUT2D eigenvalue weighted by molar-refractivity contribution is -0.135. The van der Waals surface area contributed by atoms with Gasteiger partial charge in [-0.25, -0.2) is 19.9 Å². The molecule has 0 aliphatic rings. The predicted octanol–water partition coefficient (Wildman–Crippen LogP) is 5.87. The maximum atomic E-state index is 12.6. The molecule has 0 unspecified atom stereocenters. The van der Waals surface area contributed by atoms with Gasteiger partial charge in [0, 0.05) is 12.3 Å². The van der Waals surface area contributed by atoms with E-state index in [1.807, 2.05) is 13.8 Å². The molecule has 3 aromatic rings. The van der Waals surface area contributed by atoms with E-state index in [-0.39, 0.29) is 24.8 Å². The van der Waals surface area contributed by atoms with Crippen LogP contribution in [0, 0.1) is 0 Å². The molecule has 0 spiro atoms. The highest BCUT2D eigenvalue weighted by molar-refractivity contribution is 6.30. The molecule has 0 saturated carbocycles. The Bertz CT molecular complexity index is 962. The number of hydrogen-bond donors (Lipinski definition) is 0. The smallest absolute Gasteiger partial charge is 0.389 e. The van der Waals surface area contributed by atoms with Gasteiger partial charge in [0.2, 0.25) is 0 Å². The topological polar surface area (TPSA) is 60.8 Å². The summed E-state index contributed by atoms with van der Waals surface area (Å²) < 4.78 is 43.5. The molecule has 2 heterocycles. The average Bonchev–Trinajstić information content (AvgIpc) is 2.62. The molecule has 0 fully saturated rings. The Labute approximate surface area is 165 Å². The SMILES string of the molecule is CC(C)c1nc(CCCC(F)(F)F)c2c(Oc3ncc(Cl)cn3)cccc2n1. The number of fused-ring (bicyclic) bond motifs is 1. The third-order valence-electron chi connectivity index (χ3n) is 3.97. The second kappa shape index (κ2) is 8.26. The van der Waals surface area contributed by atoms with Gasteiger partial charge in [-0.05, 0) is 25.0 Å². The molecular weight excluding hydrogens is 393 g/mol. The highest BCUT2D eigenvalue weighted by atomic mass is 35.5. The van der Waals surface area contributed by atoms with E-state index < -0.39 is 12.6 Å². The van der Waals surface area contributed by atoms with Crippen LogP contribution in [0.2, 0.25) is 5.02 Å². The number of aryl methyl sites for hydroxylation is 1. The Morgan fingerprint density at radius 1 is 1.11 bits per heavy atom. The zero-order chi connectivity index (χ0) is 20.3. The quantitative estimate of drug-likeness (QED) is 0.508. The van der Waals surface area contributed by atoms with Gasteiger partial charge in [0.25, 0.3) is 0 Å². The van der Waals surface area contributed by atoms with Crippen LogP contribution < -0.4 is 4.74 Å². The Balaban J connectivity index is 2.02. The third-order valence-corrected chi connectivity index (χ3v) is 4.16. The molecule has 0 amide bonds. The van der Waals surface area contributed by atoms with Crippen LogP contribution in [0.1, 0.15) is 44.1 Å². The van der Waals surface area contributed by atoms with Crippen molar-refractivity contribution < 1.29 is 17.9 Å². The van der Waals surface area contributed by atoms with E-state index in [2.05, 4.69) is 19.9 Å². The molecule has 0 aliphatic heterocycles. The van der Waals surface area contributed by atoms with Gasteiger partial charge >= 0.3 is 12.2 Å². The second-order valence-electron chi connectivity index (χ2n) is 6.59. The zero-order valence-corrected chi connectivity index (χ0v) is 16.1. The fourth-order valence-corrected chi connectivity index (χ4v) is 2.77. The molecule has 0 bridgehead atoms. The molecular formula is C19H18ClF3N4O. The molecule has 0 atom stereocenters. The zero-order valence-electron chi connectivity index (χ0n) is 15.3. The molecule has 148 valence electrons. The monoisotopic (exact) mass is 410 g/mol. The standard InChI is InChI=1S/C19H18ClF3N4O/c1-11(2)17-26-13-5-3-7-15(28-18-24-9-12(20)10-25-18)16(13)14(27-17)6-4-8-19(21,22)23/h3,5,7,9-11H,4,6,8H2,1-2H3. The fraction of sp³-hybridized carbons (Fsp3) is 0.368. The van der Waals surface area contributed by atoms with E-state index >= 15 is 0 Å². The molecule has 5 nitrogen and oxygen atoms in total. The highest BCUT2D eigenvalue weighted by Crippen LogP contribution is 2.32. The first kappa shape index (κ1) is 20.3. The molecule has 0 saturated heterocycles. The van der Waals surface area contributed by atoms with Crippen molar-refractivity contribution in [3.8, 4) is 11.8 Å². The van der Waals surface area contributed by atoms with Crippen molar-refractivity contribution in [3.05, 3.63) is 47.1 Å². The van der Waals surface area contributed by atoms with Crippen molar-refractivity contribution in [2.24, 2.45) is 0 Å². The molecule has 1 aromatic carbocycles. The van der Waals surface area contributed by atoms with Crippen LogP contribution in [-0.2, 0) is 6.42 Å². The Hall–Kier alpha value is -2.48. The summed E-state index contributed by atoms with van der Waals surface area (Å²) in [5.41, 5.74) is 1.12. The van der Waals surface area contributed by atoms with Crippen LogP contribution in [0.5, 0.6) is 11.8 Å². The summed E-state index contributed by atoms with van der Waals surface area (Å²) in [7, 11) is 0. The number of halogens is 4. The first-order chi connectivity index (χ1) is 13.2. The summed E-state index contributed by atoms with van der Waals surface area (Å²) in [6, 6.07) is 5.30. The molecule has 2 aromatic heterocycles. The minimum absolute atomic E-state index is 0.0370. The van der Waals surface area contributed by atoms with Crippen molar-refractivity contribution in [2.75, 3.05) is 0 Å². The van der Waals surface area contributed by atoms with Gasteiger partial charge in [-0.2, -0.15) is 13.2 Å². The van der Waals surface area contributed by atoms with Crippen LogP contribution in [0.25, 0.3) is 10.9 Å². The minimum Gasteiger partial charge on any atom is -0.424 e. The highest BCUT2D eigenvalue weighted by Gasteiger charge is 2.26. The van der Waals surface area contributed by atoms with Crippen LogP contribution in [0.4, 0.5) is 13.2 Å². The van der Waals surface area contributed by atoms with E-state index in [1.165, 1.54) is 12.4 Å². The van der Waals surface area contributed by atoms with Crippen LogP contribution in [0.3, 0.4) is 0 Å². The minimum atomic E-state index is -4.21. The fourth-order valence-electron chi connectivity index (χ4n) is 2.68. The van der Waals surface area contributed by atoms with Crippen LogP contribution >= 0.6 is 11.6 Å². The van der Waals surface area contributed by atoms with E-state index in [1.54, 1.807) is 18.2 Å². The molecule has 0 N–H and O–H groups in total. The number of alkyl halides is 3. The Morgan fingerprint density at radius 2 is 1.82 bits per heavy atom. The molecule has 3 rings (SSSR count). The summed E-state index contributed by atoms with van der Waals surface area (Å²) in [6.07, 6.45) is -2.21. The van der Waals surface area contributed by atoms with E-state index in [4.69, 9.17) is 16.3 Å². The third kappa shape index (κ3) is 5.07. The van der Waals surface area contributed by atoms with Gasteiger partial charge in [-0.1, -0.05) is 31.5 Å². The Morgan fingerprint density at radius 3 is 2.46 bits per heavy atom. The number of nitrogens with zero attached hydrogens (tertiary/aromatic N) is 4. The predicted molar refractivity (Wildman–Crippen MR) is 99.7 cm³/mol. The largest absolute Gasteiger partial charge is 0.424 e. The lowest BCUT2D eigenvalue weighted by atomic mass is 10.1. The number of rotatable bonds is 6. The van der Waals surface area contributed by atoms with Gasteiger partial charge < -0.3 is 4.74 Å². The first-order valence-electron chi connectivity index (χ1n) is 8.74. The summed E-state index contributed by atoms with van der Waals surface area (Å²) in [4.78, 5) is 17.0. The molecule has 0 aliphatic carbocycles. The van der Waals surface area contributed by atoms with Crippen molar-refractivity contribution in [1.29, 1.82) is 0 Å². The lowest BCUT2D eigenvalue weighted by Gasteiger charge is -2.14. The maximum absolute atomic E-state index is 12.6. The van der Waals surface area contributed by atoms with Gasteiger partial charge in [0.15, 0.2) is 0 Å². The molecule has 9 heteroatoms. The number of hydrogen-bond acceptors (Lipinski definition) is 5. The number of benzene rings is 1. The number of ether oxygens (including phenoxy) is 1. The van der Waals surface area contributed by atoms with E-state index in [0.29, 0.717) is 33.2 Å². The van der Waals surface area contributed by atoms with Crippen molar-refractivity contribution in [1.82, 2.24) is 19.9 Å². The normalized spacial score (nSPS) is 12.0. The average molecular weight is 411 g/mol. The van der Waals surface area contributed by atoms with Gasteiger partial charge in [-0.15, -0.1) is 0 Å². The molecule has 28 heavy (non-hydrogen) atoms. The van der Waals surface area contributed by atoms with Crippen molar-refractivity contribution >= 4 is 22.5 Å². The van der Waals surface area contributed by atoms with E-state index in [9.17, 15) is 13.2 Å². The van der Waals surface area contributed by atoms with Gasteiger partial charge in [-0.3, -0.25) is 0 Å². The summed E-state index contributed by atoms with van der Waals surface area (Å²) in [6.45, 7) is 3.87. The maximum Gasteiger partial charge on any atom is 0.389 e. The Kier molecular flexibility index (Phi) is 5.98. The van der Waals surface area contributed by atoms with Crippen LogP contribution in [-0.4, -0.2) is 26.1 Å². The summed E-state index contributed by atoms with van der Waals surface area (Å²) >= 11 is 5.78. The summed E-state index contributed by atoms with van der Waals surface area (Å²) in [5.74, 6) is 1.00. The van der Waals surface area contributed by atoms with Gasteiger partial charge in [0.05, 0.1) is 34.0 Å².